The maximum absolute atomic E-state index is 4.61. The summed E-state index contributed by atoms with van der Waals surface area (Å²) < 4.78 is 0. The second-order valence-electron chi connectivity index (χ2n) is 7.44. The quantitative estimate of drug-likeness (QED) is 0.338. The van der Waals surface area contributed by atoms with Crippen LogP contribution >= 0.6 is 0 Å². The Balaban J connectivity index is 1.88. The van der Waals surface area contributed by atoms with Gasteiger partial charge in [-0.1, -0.05) is 128 Å². The molecule has 4 aromatic rings. The first-order chi connectivity index (χ1) is 14.8. The summed E-state index contributed by atoms with van der Waals surface area (Å²) >= 11 is 0. The lowest BCUT2D eigenvalue weighted by Crippen LogP contribution is -1.92. The van der Waals surface area contributed by atoms with E-state index in [0.29, 0.717) is 0 Å². The first kappa shape index (κ1) is 18.1. The van der Waals surface area contributed by atoms with Crippen LogP contribution in [-0.2, 0) is 0 Å². The molecule has 0 unspecified atom stereocenters. The van der Waals surface area contributed by atoms with Crippen LogP contribution in [-0.4, -0.2) is 0 Å². The Kier molecular flexibility index (Phi) is 4.75. The van der Waals surface area contributed by atoms with Gasteiger partial charge in [-0.05, 0) is 50.1 Å². The highest BCUT2D eigenvalue weighted by Crippen LogP contribution is 2.53. The molecule has 4 aromatic carbocycles. The highest BCUT2D eigenvalue weighted by atomic mass is 14.3. The Morgan fingerprint density at radius 2 is 0.533 bits per heavy atom. The molecule has 30 heavy (non-hydrogen) atoms. The highest BCUT2D eigenvalue weighted by molar-refractivity contribution is 6.34. The zero-order valence-corrected chi connectivity index (χ0v) is 16.8. The van der Waals surface area contributed by atoms with Crippen molar-refractivity contribution in [2.45, 2.75) is 0 Å². The monoisotopic (exact) mass is 382 g/mol. The van der Waals surface area contributed by atoms with E-state index < -0.39 is 0 Å². The number of benzene rings is 4. The van der Waals surface area contributed by atoms with Crippen molar-refractivity contribution in [2.75, 3.05) is 0 Å². The van der Waals surface area contributed by atoms with Crippen molar-refractivity contribution < 1.29 is 0 Å². The maximum Gasteiger partial charge on any atom is -0.00143 e. The van der Waals surface area contributed by atoms with Crippen LogP contribution in [0.2, 0.25) is 0 Å². The van der Waals surface area contributed by atoms with Gasteiger partial charge in [-0.3, -0.25) is 0 Å². The Labute approximate surface area is 178 Å². The van der Waals surface area contributed by atoms with E-state index in [1.165, 1.54) is 44.5 Å². The molecule has 142 valence electrons. The van der Waals surface area contributed by atoms with E-state index >= 15 is 0 Å². The van der Waals surface area contributed by atoms with Crippen molar-refractivity contribution in [3.63, 3.8) is 0 Å². The van der Waals surface area contributed by atoms with Crippen LogP contribution in [0.4, 0.5) is 0 Å². The molecule has 0 fully saturated rings. The van der Waals surface area contributed by atoms with Gasteiger partial charge in [0.1, 0.15) is 0 Å². The van der Waals surface area contributed by atoms with Crippen LogP contribution in [0.1, 0.15) is 22.3 Å². The zero-order chi connectivity index (χ0) is 20.3. The molecule has 0 aromatic heterocycles. The summed E-state index contributed by atoms with van der Waals surface area (Å²) in [4.78, 5) is 0. The molecule has 1 aliphatic carbocycles. The fourth-order valence-corrected chi connectivity index (χ4v) is 4.31. The van der Waals surface area contributed by atoms with Crippen molar-refractivity contribution in [3.8, 4) is 0 Å². The SMILES string of the molecule is C=C1C(c2ccccc2)=C(c2ccccc2)C(c2ccccc2)=C1c1ccccc1. The van der Waals surface area contributed by atoms with Gasteiger partial charge >= 0.3 is 0 Å². The summed E-state index contributed by atoms with van der Waals surface area (Å²) in [6.45, 7) is 4.61. The summed E-state index contributed by atoms with van der Waals surface area (Å²) in [5, 5.41) is 0. The molecule has 0 bridgehead atoms. The predicted molar refractivity (Wildman–Crippen MR) is 129 cm³/mol. The van der Waals surface area contributed by atoms with E-state index in [2.05, 4.69) is 128 Å². The smallest absolute Gasteiger partial charge is 0.00143 e. The van der Waals surface area contributed by atoms with Gasteiger partial charge in [-0.25, -0.2) is 0 Å². The first-order valence-corrected chi connectivity index (χ1v) is 10.2. The van der Waals surface area contributed by atoms with Crippen molar-refractivity contribution in [1.29, 1.82) is 0 Å². The number of hydrogen-bond acceptors (Lipinski definition) is 0. The summed E-state index contributed by atoms with van der Waals surface area (Å²) in [5.41, 5.74) is 10.8. The standard InChI is InChI=1S/C30H22/c1-22-27(23-14-6-2-7-15-23)29(25-18-10-4-11-19-25)30(26-20-12-5-13-21-26)28(22)24-16-8-3-9-17-24/h2-21H,1H2. The van der Waals surface area contributed by atoms with Crippen LogP contribution in [0.25, 0.3) is 22.3 Å². The number of allylic oxidation sites excluding steroid dienone is 5. The average molecular weight is 383 g/mol. The zero-order valence-electron chi connectivity index (χ0n) is 16.8. The summed E-state index contributed by atoms with van der Waals surface area (Å²) in [7, 11) is 0. The number of hydrogen-bond donors (Lipinski definition) is 0. The number of rotatable bonds is 4. The van der Waals surface area contributed by atoms with Gasteiger partial charge in [-0.2, -0.15) is 0 Å². The third-order valence-electron chi connectivity index (χ3n) is 5.60. The normalized spacial score (nSPS) is 13.8. The molecular weight excluding hydrogens is 360 g/mol. The van der Waals surface area contributed by atoms with Crippen molar-refractivity contribution in [1.82, 2.24) is 0 Å². The molecule has 0 amide bonds. The fourth-order valence-electron chi connectivity index (χ4n) is 4.31. The lowest BCUT2D eigenvalue weighted by atomic mass is 9.89. The third kappa shape index (κ3) is 3.13. The topological polar surface area (TPSA) is 0 Å². The van der Waals surface area contributed by atoms with Crippen LogP contribution in [0.5, 0.6) is 0 Å². The van der Waals surface area contributed by atoms with Gasteiger partial charge in [0.15, 0.2) is 0 Å². The van der Waals surface area contributed by atoms with Gasteiger partial charge in [0.2, 0.25) is 0 Å². The molecule has 0 saturated carbocycles. The molecule has 0 N–H and O–H groups in total. The molecular formula is C30H22. The minimum atomic E-state index is 1.07. The maximum atomic E-state index is 4.61. The van der Waals surface area contributed by atoms with Gasteiger partial charge in [0.25, 0.3) is 0 Å². The molecule has 0 saturated heterocycles. The van der Waals surface area contributed by atoms with Crippen LogP contribution in [0.15, 0.2) is 133 Å². The molecule has 0 heterocycles. The predicted octanol–water partition coefficient (Wildman–Crippen LogP) is 7.78. The summed E-state index contributed by atoms with van der Waals surface area (Å²) in [6, 6.07) is 42.6. The fraction of sp³-hybridized carbons (Fsp3) is 0. The second kappa shape index (κ2) is 7.85. The molecule has 5 rings (SSSR count). The van der Waals surface area contributed by atoms with E-state index in [1.807, 2.05) is 0 Å². The van der Waals surface area contributed by atoms with Crippen molar-refractivity contribution in [3.05, 3.63) is 156 Å². The Morgan fingerprint density at radius 1 is 0.300 bits per heavy atom. The second-order valence-corrected chi connectivity index (χ2v) is 7.44. The van der Waals surface area contributed by atoms with E-state index in [4.69, 9.17) is 0 Å². The van der Waals surface area contributed by atoms with Crippen molar-refractivity contribution >= 4 is 22.3 Å². The minimum absolute atomic E-state index is 1.07. The molecule has 0 spiro atoms. The molecule has 0 atom stereocenters. The summed E-state index contributed by atoms with van der Waals surface area (Å²) in [6.07, 6.45) is 0. The Morgan fingerprint density at radius 3 is 0.800 bits per heavy atom. The first-order valence-electron chi connectivity index (χ1n) is 10.2. The van der Waals surface area contributed by atoms with E-state index in [0.717, 1.165) is 5.57 Å². The summed E-state index contributed by atoms with van der Waals surface area (Å²) in [5.74, 6) is 0. The third-order valence-corrected chi connectivity index (χ3v) is 5.60. The lowest BCUT2D eigenvalue weighted by molar-refractivity contribution is 1.58. The Hall–Kier alpha value is -3.90. The average Bonchev–Trinajstić information content (AvgIpc) is 3.14. The molecule has 0 radical (unpaired) electrons. The molecule has 0 nitrogen and oxygen atoms in total. The van der Waals surface area contributed by atoms with Crippen molar-refractivity contribution in [2.24, 2.45) is 0 Å². The molecule has 1 aliphatic rings. The minimum Gasteiger partial charge on any atom is -0.0905 e. The molecule has 0 heteroatoms. The van der Waals surface area contributed by atoms with E-state index in [-0.39, 0.29) is 0 Å². The van der Waals surface area contributed by atoms with E-state index in [9.17, 15) is 0 Å². The molecule has 0 aliphatic heterocycles. The largest absolute Gasteiger partial charge is 0.0905 e. The van der Waals surface area contributed by atoms with Gasteiger partial charge in [0.05, 0.1) is 0 Å². The van der Waals surface area contributed by atoms with Crippen LogP contribution in [0, 0.1) is 0 Å². The highest BCUT2D eigenvalue weighted by Gasteiger charge is 2.31. The lowest BCUT2D eigenvalue weighted by Gasteiger charge is -2.14. The van der Waals surface area contributed by atoms with Gasteiger partial charge < -0.3 is 0 Å². The van der Waals surface area contributed by atoms with Gasteiger partial charge in [-0.15, -0.1) is 0 Å². The Bertz CT molecular complexity index is 1140. The van der Waals surface area contributed by atoms with Crippen LogP contribution < -0.4 is 0 Å². The van der Waals surface area contributed by atoms with Gasteiger partial charge in [0, 0.05) is 0 Å². The van der Waals surface area contributed by atoms with Crippen LogP contribution in [0.3, 0.4) is 0 Å². The van der Waals surface area contributed by atoms with E-state index in [1.54, 1.807) is 0 Å².